The first-order chi connectivity index (χ1) is 11.3. The molecule has 0 bridgehead atoms. The maximum atomic E-state index is 12.8. The van der Waals surface area contributed by atoms with Gasteiger partial charge in [-0.1, -0.05) is 18.2 Å². The maximum absolute atomic E-state index is 12.8. The summed E-state index contributed by atoms with van der Waals surface area (Å²) in [7, 11) is 1.65. The van der Waals surface area contributed by atoms with Gasteiger partial charge in [-0.05, 0) is 37.1 Å². The third kappa shape index (κ3) is 2.18. The summed E-state index contributed by atoms with van der Waals surface area (Å²) in [4.78, 5) is 12.8. The van der Waals surface area contributed by atoms with Crippen molar-refractivity contribution in [1.29, 1.82) is 0 Å². The fraction of sp³-hybridized carbons (Fsp3) is 0.211. The summed E-state index contributed by atoms with van der Waals surface area (Å²) in [5.74, 6) is 1.43. The monoisotopic (exact) mass is 307 g/mol. The van der Waals surface area contributed by atoms with Gasteiger partial charge in [0.15, 0.2) is 5.43 Å². The Balaban J connectivity index is 2.12. The van der Waals surface area contributed by atoms with Crippen LogP contribution in [0.25, 0.3) is 16.6 Å². The van der Waals surface area contributed by atoms with E-state index in [1.165, 1.54) is 0 Å². The van der Waals surface area contributed by atoms with Crippen molar-refractivity contribution in [2.24, 2.45) is 0 Å². The highest BCUT2D eigenvalue weighted by molar-refractivity contribution is 5.83. The highest BCUT2D eigenvalue weighted by Crippen LogP contribution is 2.31. The quantitative estimate of drug-likeness (QED) is 0.729. The number of hydrogen-bond acceptors (Lipinski definition) is 3. The van der Waals surface area contributed by atoms with E-state index in [0.29, 0.717) is 12.5 Å². The molecule has 0 spiro atoms. The number of fused-ring (bicyclic) bond motifs is 2. The van der Waals surface area contributed by atoms with Crippen molar-refractivity contribution in [3.05, 3.63) is 64.3 Å². The van der Waals surface area contributed by atoms with E-state index in [0.717, 1.165) is 40.7 Å². The van der Waals surface area contributed by atoms with Gasteiger partial charge in [0, 0.05) is 11.5 Å². The zero-order valence-electron chi connectivity index (χ0n) is 12.9. The summed E-state index contributed by atoms with van der Waals surface area (Å²) >= 11 is 0. The molecule has 23 heavy (non-hydrogen) atoms. The number of ether oxygens (including phenoxy) is 2. The van der Waals surface area contributed by atoms with E-state index in [1.54, 1.807) is 7.11 Å². The van der Waals surface area contributed by atoms with Gasteiger partial charge in [-0.15, -0.1) is 0 Å². The molecular formula is C19H17NO3. The van der Waals surface area contributed by atoms with E-state index >= 15 is 0 Å². The van der Waals surface area contributed by atoms with Crippen molar-refractivity contribution in [3.8, 4) is 17.3 Å². The Morgan fingerprint density at radius 1 is 1.13 bits per heavy atom. The first kappa shape index (κ1) is 13.9. The molecule has 2 heterocycles. The van der Waals surface area contributed by atoms with Gasteiger partial charge >= 0.3 is 0 Å². The molecule has 0 atom stereocenters. The molecule has 0 saturated carbocycles. The van der Waals surface area contributed by atoms with Crippen LogP contribution in [0.4, 0.5) is 0 Å². The molecule has 0 aliphatic carbocycles. The van der Waals surface area contributed by atoms with Gasteiger partial charge in [-0.25, -0.2) is 0 Å². The number of pyridine rings is 1. The third-order valence-corrected chi connectivity index (χ3v) is 4.25. The summed E-state index contributed by atoms with van der Waals surface area (Å²) < 4.78 is 13.3. The number of para-hydroxylation sites is 1. The van der Waals surface area contributed by atoms with Gasteiger partial charge in [-0.3, -0.25) is 9.36 Å². The van der Waals surface area contributed by atoms with E-state index in [2.05, 4.69) is 0 Å². The van der Waals surface area contributed by atoms with Crippen molar-refractivity contribution in [1.82, 2.24) is 4.57 Å². The molecule has 4 nitrogen and oxygen atoms in total. The van der Waals surface area contributed by atoms with E-state index in [1.807, 2.05) is 53.1 Å². The summed E-state index contributed by atoms with van der Waals surface area (Å²) in [6, 6.07) is 15.5. The van der Waals surface area contributed by atoms with Gasteiger partial charge in [-0.2, -0.15) is 0 Å². The van der Waals surface area contributed by atoms with Crippen LogP contribution in [0.2, 0.25) is 0 Å². The minimum Gasteiger partial charge on any atom is -0.497 e. The lowest BCUT2D eigenvalue weighted by atomic mass is 10.0. The summed E-state index contributed by atoms with van der Waals surface area (Å²) in [6.07, 6.45) is 1.63. The highest BCUT2D eigenvalue weighted by Gasteiger charge is 2.22. The van der Waals surface area contributed by atoms with Crippen LogP contribution in [0.5, 0.6) is 11.6 Å². The van der Waals surface area contributed by atoms with Crippen LogP contribution in [-0.4, -0.2) is 18.3 Å². The summed E-state index contributed by atoms with van der Waals surface area (Å²) in [6.45, 7) is 0.634. The SMILES string of the molecule is COc1cccc(-n2c3c(c(=O)c4ccccc42)CCCO3)c1. The average molecular weight is 307 g/mol. The predicted octanol–water partition coefficient (Wildman–Crippen LogP) is 3.32. The Bertz CT molecular complexity index is 943. The van der Waals surface area contributed by atoms with Crippen LogP contribution < -0.4 is 14.9 Å². The molecular weight excluding hydrogens is 290 g/mol. The van der Waals surface area contributed by atoms with Crippen LogP contribution in [0.3, 0.4) is 0 Å². The fourth-order valence-corrected chi connectivity index (χ4v) is 3.16. The van der Waals surface area contributed by atoms with Gasteiger partial charge < -0.3 is 9.47 Å². The number of aromatic nitrogens is 1. The Labute approximate surface area is 133 Å². The molecule has 3 aromatic rings. The van der Waals surface area contributed by atoms with Crippen LogP contribution in [0, 0.1) is 0 Å². The van der Waals surface area contributed by atoms with E-state index in [-0.39, 0.29) is 5.43 Å². The Kier molecular flexibility index (Phi) is 3.30. The van der Waals surface area contributed by atoms with E-state index in [9.17, 15) is 4.79 Å². The number of rotatable bonds is 2. The van der Waals surface area contributed by atoms with Gasteiger partial charge in [0.2, 0.25) is 5.88 Å². The second-order valence-corrected chi connectivity index (χ2v) is 5.62. The molecule has 0 radical (unpaired) electrons. The van der Waals surface area contributed by atoms with Crippen molar-refractivity contribution >= 4 is 10.9 Å². The fourth-order valence-electron chi connectivity index (χ4n) is 3.16. The van der Waals surface area contributed by atoms with E-state index in [4.69, 9.17) is 9.47 Å². The first-order valence-electron chi connectivity index (χ1n) is 7.73. The topological polar surface area (TPSA) is 40.5 Å². The lowest BCUT2D eigenvalue weighted by Crippen LogP contribution is -2.23. The predicted molar refractivity (Wildman–Crippen MR) is 89.9 cm³/mol. The van der Waals surface area contributed by atoms with Gasteiger partial charge in [0.25, 0.3) is 0 Å². The smallest absolute Gasteiger partial charge is 0.205 e. The molecule has 0 saturated heterocycles. The van der Waals surface area contributed by atoms with Crippen molar-refractivity contribution in [2.45, 2.75) is 12.8 Å². The molecule has 1 aromatic heterocycles. The molecule has 4 heteroatoms. The highest BCUT2D eigenvalue weighted by atomic mass is 16.5. The Hall–Kier alpha value is -2.75. The Morgan fingerprint density at radius 2 is 2.00 bits per heavy atom. The lowest BCUT2D eigenvalue weighted by Gasteiger charge is -2.24. The van der Waals surface area contributed by atoms with Crippen molar-refractivity contribution in [2.75, 3.05) is 13.7 Å². The number of nitrogens with zero attached hydrogens (tertiary/aromatic N) is 1. The molecule has 1 aliphatic rings. The molecule has 4 rings (SSSR count). The third-order valence-electron chi connectivity index (χ3n) is 4.25. The summed E-state index contributed by atoms with van der Waals surface area (Å²) in [5, 5.41) is 0.722. The normalized spacial score (nSPS) is 13.4. The van der Waals surface area contributed by atoms with Crippen molar-refractivity contribution in [3.63, 3.8) is 0 Å². The van der Waals surface area contributed by atoms with Gasteiger partial charge in [0.05, 0.1) is 30.5 Å². The first-order valence-corrected chi connectivity index (χ1v) is 7.73. The number of methoxy groups -OCH3 is 1. The minimum atomic E-state index is 0.0782. The number of benzene rings is 2. The van der Waals surface area contributed by atoms with E-state index < -0.39 is 0 Å². The standard InChI is InChI=1S/C19H17NO3/c1-22-14-7-4-6-13(12-14)20-17-10-3-2-8-15(17)18(21)16-9-5-11-23-19(16)20/h2-4,6-8,10,12H,5,9,11H2,1H3. The second kappa shape index (κ2) is 5.47. The van der Waals surface area contributed by atoms with Crippen LogP contribution in [0.15, 0.2) is 53.3 Å². The molecule has 0 fully saturated rings. The molecule has 0 amide bonds. The lowest BCUT2D eigenvalue weighted by molar-refractivity contribution is 0.270. The second-order valence-electron chi connectivity index (χ2n) is 5.62. The largest absolute Gasteiger partial charge is 0.497 e. The van der Waals surface area contributed by atoms with Crippen LogP contribution >= 0.6 is 0 Å². The van der Waals surface area contributed by atoms with Crippen LogP contribution in [-0.2, 0) is 6.42 Å². The Morgan fingerprint density at radius 3 is 2.87 bits per heavy atom. The average Bonchev–Trinajstić information content (AvgIpc) is 2.62. The molecule has 116 valence electrons. The molecule has 1 aliphatic heterocycles. The zero-order chi connectivity index (χ0) is 15.8. The molecule has 2 aromatic carbocycles. The minimum absolute atomic E-state index is 0.0782. The van der Waals surface area contributed by atoms with Crippen LogP contribution in [0.1, 0.15) is 12.0 Å². The number of hydrogen-bond donors (Lipinski definition) is 0. The molecule has 0 N–H and O–H groups in total. The maximum Gasteiger partial charge on any atom is 0.205 e. The van der Waals surface area contributed by atoms with Gasteiger partial charge in [0.1, 0.15) is 5.75 Å². The summed E-state index contributed by atoms with van der Waals surface area (Å²) in [5.41, 5.74) is 2.62. The van der Waals surface area contributed by atoms with Crippen molar-refractivity contribution < 1.29 is 9.47 Å². The molecule has 0 unspecified atom stereocenters. The zero-order valence-corrected chi connectivity index (χ0v) is 12.9.